The highest BCUT2D eigenvalue weighted by Gasteiger charge is 2.67. The predicted molar refractivity (Wildman–Crippen MR) is 115 cm³/mol. The Morgan fingerprint density at radius 1 is 1.32 bits per heavy atom. The van der Waals surface area contributed by atoms with Crippen LogP contribution in [0.4, 0.5) is 0 Å². The van der Waals surface area contributed by atoms with Crippen LogP contribution in [-0.4, -0.2) is 63.2 Å². The Labute approximate surface area is 182 Å². The van der Waals surface area contributed by atoms with Gasteiger partial charge in [0.25, 0.3) is 0 Å². The third kappa shape index (κ3) is 3.28. The summed E-state index contributed by atoms with van der Waals surface area (Å²) in [7, 11) is 1.79. The van der Waals surface area contributed by atoms with Crippen LogP contribution in [0.15, 0.2) is 48.8 Å². The van der Waals surface area contributed by atoms with Gasteiger partial charge in [0.15, 0.2) is 0 Å². The Balaban J connectivity index is 1.32. The van der Waals surface area contributed by atoms with Crippen LogP contribution in [0.25, 0.3) is 0 Å². The lowest BCUT2D eigenvalue weighted by Gasteiger charge is -2.27. The fraction of sp³-hybridized carbons (Fsp3) is 0.458. The summed E-state index contributed by atoms with van der Waals surface area (Å²) >= 11 is 0. The number of ether oxygens (including phenoxy) is 1. The molecule has 0 saturated carbocycles. The minimum Gasteiger partial charge on any atom is -0.360 e. The molecule has 1 aromatic carbocycles. The van der Waals surface area contributed by atoms with E-state index in [-0.39, 0.29) is 17.9 Å². The molecule has 1 aromatic heterocycles. The van der Waals surface area contributed by atoms with Gasteiger partial charge in [-0.3, -0.25) is 14.3 Å². The fourth-order valence-corrected chi connectivity index (χ4v) is 5.17. The zero-order chi connectivity index (χ0) is 21.8. The number of aromatic nitrogens is 2. The number of benzene rings is 1. The van der Waals surface area contributed by atoms with E-state index in [0.717, 1.165) is 5.56 Å². The van der Waals surface area contributed by atoms with Crippen LogP contribution in [0.5, 0.6) is 0 Å². The van der Waals surface area contributed by atoms with E-state index in [0.29, 0.717) is 26.2 Å². The number of nitrogens with zero attached hydrogens (tertiary/aromatic N) is 4. The average Bonchev–Trinajstić information content (AvgIpc) is 3.51. The van der Waals surface area contributed by atoms with Crippen LogP contribution in [-0.2, 0) is 27.4 Å². The number of hydrogen-bond donors (Lipinski definition) is 0. The number of fused-ring (bicyclic) bond motifs is 1. The first-order valence-corrected chi connectivity index (χ1v) is 10.8. The van der Waals surface area contributed by atoms with Gasteiger partial charge in [-0.15, -0.1) is 0 Å². The molecule has 3 aliphatic rings. The topological polar surface area (TPSA) is 67.7 Å². The van der Waals surface area contributed by atoms with Crippen molar-refractivity contribution in [3.05, 3.63) is 65.5 Å². The van der Waals surface area contributed by atoms with E-state index in [2.05, 4.69) is 37.1 Å². The molecule has 2 fully saturated rings. The molecule has 0 aliphatic carbocycles. The van der Waals surface area contributed by atoms with Crippen molar-refractivity contribution in [3.63, 3.8) is 0 Å². The van der Waals surface area contributed by atoms with E-state index >= 15 is 0 Å². The summed E-state index contributed by atoms with van der Waals surface area (Å²) < 4.78 is 8.06. The lowest BCUT2D eigenvalue weighted by Crippen LogP contribution is -2.45. The van der Waals surface area contributed by atoms with Gasteiger partial charge in [0.1, 0.15) is 5.60 Å². The van der Waals surface area contributed by atoms with Crippen molar-refractivity contribution in [2.75, 3.05) is 20.1 Å². The average molecular weight is 421 g/mol. The molecule has 5 rings (SSSR count). The minimum atomic E-state index is -0.676. The van der Waals surface area contributed by atoms with Gasteiger partial charge in [0.2, 0.25) is 11.8 Å². The number of amides is 2. The monoisotopic (exact) mass is 420 g/mol. The van der Waals surface area contributed by atoms with E-state index in [1.165, 1.54) is 11.1 Å². The van der Waals surface area contributed by atoms with Crippen LogP contribution in [0.3, 0.4) is 0 Å². The van der Waals surface area contributed by atoms with E-state index in [9.17, 15) is 9.59 Å². The third-order valence-electron chi connectivity index (χ3n) is 7.01. The summed E-state index contributed by atoms with van der Waals surface area (Å²) in [5.74, 6) is -0.933. The van der Waals surface area contributed by atoms with Gasteiger partial charge in [0, 0.05) is 32.5 Å². The molecule has 0 radical (unpaired) electrons. The Hall–Kier alpha value is -2.93. The number of aryl methyl sites for hydroxylation is 2. The maximum Gasteiger partial charge on any atom is 0.230 e. The molecule has 1 spiro atoms. The van der Waals surface area contributed by atoms with Crippen LogP contribution >= 0.6 is 0 Å². The lowest BCUT2D eigenvalue weighted by atomic mass is 9.76. The summed E-state index contributed by atoms with van der Waals surface area (Å²) in [6.07, 6.45) is 7.25. The number of carbonyl (C=O) groups excluding carboxylic acids is 2. The highest BCUT2D eigenvalue weighted by atomic mass is 16.5. The largest absolute Gasteiger partial charge is 0.360 e. The zero-order valence-corrected chi connectivity index (χ0v) is 18.2. The summed E-state index contributed by atoms with van der Waals surface area (Å²) in [5.41, 5.74) is 2.88. The second kappa shape index (κ2) is 7.34. The zero-order valence-electron chi connectivity index (χ0n) is 18.2. The van der Waals surface area contributed by atoms with Gasteiger partial charge in [0.05, 0.1) is 31.0 Å². The first-order chi connectivity index (χ1) is 14.9. The molecule has 31 heavy (non-hydrogen) atoms. The lowest BCUT2D eigenvalue weighted by molar-refractivity contribution is -0.142. The number of carbonyl (C=O) groups is 2. The minimum absolute atomic E-state index is 0.0175. The summed E-state index contributed by atoms with van der Waals surface area (Å²) in [5, 5.41) is 4.19. The normalized spacial score (nSPS) is 28.4. The Morgan fingerprint density at radius 3 is 2.90 bits per heavy atom. The van der Waals surface area contributed by atoms with Gasteiger partial charge in [-0.2, -0.15) is 5.10 Å². The second-order valence-electron chi connectivity index (χ2n) is 9.04. The highest BCUT2D eigenvalue weighted by Crippen LogP contribution is 2.52. The predicted octanol–water partition coefficient (Wildman–Crippen LogP) is 1.94. The smallest absolute Gasteiger partial charge is 0.230 e. The maximum absolute atomic E-state index is 13.4. The van der Waals surface area contributed by atoms with Crippen molar-refractivity contribution in [2.24, 2.45) is 11.8 Å². The SMILES string of the molecule is Cc1ccc(CN2C[C@@]34C=C[C@@H](O3)C(C(=O)N(C)CCn3cccn3)C4C2=O)cc1C. The summed E-state index contributed by atoms with van der Waals surface area (Å²) in [4.78, 5) is 30.3. The van der Waals surface area contributed by atoms with Gasteiger partial charge in [-0.05, 0) is 36.6 Å². The van der Waals surface area contributed by atoms with Gasteiger partial charge in [-0.25, -0.2) is 0 Å². The van der Waals surface area contributed by atoms with Crippen molar-refractivity contribution in [3.8, 4) is 0 Å². The van der Waals surface area contributed by atoms with Crippen LogP contribution < -0.4 is 0 Å². The van der Waals surface area contributed by atoms with E-state index in [1.54, 1.807) is 22.8 Å². The number of hydrogen-bond acceptors (Lipinski definition) is 4. The molecule has 2 unspecified atom stereocenters. The molecule has 0 N–H and O–H groups in total. The Morgan fingerprint density at radius 2 is 2.16 bits per heavy atom. The fourth-order valence-electron chi connectivity index (χ4n) is 5.17. The summed E-state index contributed by atoms with van der Waals surface area (Å²) in [6, 6.07) is 8.16. The first kappa shape index (κ1) is 20.0. The molecule has 4 atom stereocenters. The number of likely N-dealkylation sites (tertiary alicyclic amines) is 1. The Bertz CT molecular complexity index is 1050. The van der Waals surface area contributed by atoms with E-state index in [4.69, 9.17) is 4.74 Å². The molecule has 3 aliphatic heterocycles. The molecule has 2 saturated heterocycles. The van der Waals surface area contributed by atoms with Crippen LogP contribution in [0.2, 0.25) is 0 Å². The van der Waals surface area contributed by atoms with Crippen molar-refractivity contribution >= 4 is 11.8 Å². The molecule has 2 bridgehead atoms. The maximum atomic E-state index is 13.4. The highest BCUT2D eigenvalue weighted by molar-refractivity contribution is 5.93. The van der Waals surface area contributed by atoms with Gasteiger partial charge < -0.3 is 14.5 Å². The van der Waals surface area contributed by atoms with Crippen molar-refractivity contribution in [2.45, 2.75) is 38.6 Å². The molecular formula is C24H28N4O3. The van der Waals surface area contributed by atoms with Gasteiger partial charge in [-0.1, -0.05) is 30.4 Å². The molecule has 2 aromatic rings. The number of rotatable bonds is 6. The van der Waals surface area contributed by atoms with Crippen molar-refractivity contribution in [1.29, 1.82) is 0 Å². The molecule has 7 nitrogen and oxygen atoms in total. The molecule has 4 heterocycles. The number of likely N-dealkylation sites (N-methyl/N-ethyl adjacent to an activating group) is 1. The van der Waals surface area contributed by atoms with Crippen LogP contribution in [0.1, 0.15) is 16.7 Å². The first-order valence-electron chi connectivity index (χ1n) is 10.8. The molecule has 162 valence electrons. The molecule has 2 amide bonds. The molecule has 7 heteroatoms. The third-order valence-corrected chi connectivity index (χ3v) is 7.01. The quantitative estimate of drug-likeness (QED) is 0.670. The second-order valence-corrected chi connectivity index (χ2v) is 9.04. The van der Waals surface area contributed by atoms with Gasteiger partial charge >= 0.3 is 0 Å². The Kier molecular flexibility index (Phi) is 4.73. The molecular weight excluding hydrogens is 392 g/mol. The van der Waals surface area contributed by atoms with Crippen LogP contribution in [0, 0.1) is 25.7 Å². The summed E-state index contributed by atoms with van der Waals surface area (Å²) in [6.45, 7) is 6.35. The van der Waals surface area contributed by atoms with Crippen molar-refractivity contribution in [1.82, 2.24) is 19.6 Å². The van der Waals surface area contributed by atoms with Crippen molar-refractivity contribution < 1.29 is 14.3 Å². The van der Waals surface area contributed by atoms with E-state index in [1.807, 2.05) is 29.3 Å². The standard InChI is InChI=1S/C24H28N4O3/c1-16-5-6-18(13-17(16)2)14-27-15-24-8-7-19(31-24)20(21(24)23(27)30)22(29)26(3)11-12-28-10-4-9-25-28/h4-10,13,19-21H,11-12,14-15H2,1-3H3/t19-,20?,21?,24-/m1/s1. The van der Waals surface area contributed by atoms with E-state index < -0.39 is 17.4 Å².